The molecule has 1 N–H and O–H groups in total. The molecule has 0 aromatic carbocycles. The number of allylic oxidation sites excluding steroid dienone is 1. The number of aromatic nitrogens is 2. The minimum absolute atomic E-state index is 0.00441. The average molecular weight is 370 g/mol. The number of nitrogens with one attached hydrogen (secondary N) is 1. The summed E-state index contributed by atoms with van der Waals surface area (Å²) in [7, 11) is 1.79. The molecule has 2 bridgehead atoms. The van der Waals surface area contributed by atoms with Crippen LogP contribution >= 0.6 is 0 Å². The van der Waals surface area contributed by atoms with Crippen LogP contribution in [0.1, 0.15) is 68.8 Å². The van der Waals surface area contributed by atoms with Crippen molar-refractivity contribution in [3.05, 3.63) is 29.6 Å². The zero-order valence-corrected chi connectivity index (χ0v) is 16.4. The first-order valence-corrected chi connectivity index (χ1v) is 10.3. The summed E-state index contributed by atoms with van der Waals surface area (Å²) < 4.78 is 1.63. The molecular weight excluding hydrogens is 340 g/mol. The Hall–Kier alpha value is -2.11. The van der Waals surface area contributed by atoms with E-state index in [1.165, 1.54) is 18.4 Å². The zero-order chi connectivity index (χ0) is 19.0. The first-order chi connectivity index (χ1) is 13.1. The Morgan fingerprint density at radius 2 is 2.19 bits per heavy atom. The summed E-state index contributed by atoms with van der Waals surface area (Å²) in [5.74, 6) is 0.145. The lowest BCUT2D eigenvalue weighted by Gasteiger charge is -2.35. The third kappa shape index (κ3) is 2.99. The van der Waals surface area contributed by atoms with Crippen LogP contribution in [0.25, 0.3) is 0 Å². The lowest BCUT2D eigenvalue weighted by molar-refractivity contribution is -0.132. The van der Waals surface area contributed by atoms with Crippen LogP contribution in [0.15, 0.2) is 23.9 Å². The van der Waals surface area contributed by atoms with Crippen LogP contribution in [0, 0.1) is 5.41 Å². The van der Waals surface area contributed by atoms with E-state index in [2.05, 4.69) is 23.4 Å². The molecule has 3 aliphatic rings. The molecule has 3 atom stereocenters. The van der Waals surface area contributed by atoms with Crippen molar-refractivity contribution in [2.75, 3.05) is 6.54 Å². The summed E-state index contributed by atoms with van der Waals surface area (Å²) in [5.41, 5.74) is 1.50. The summed E-state index contributed by atoms with van der Waals surface area (Å²) in [6.45, 7) is 2.75. The van der Waals surface area contributed by atoms with Crippen molar-refractivity contribution in [2.24, 2.45) is 12.5 Å². The quantitative estimate of drug-likeness (QED) is 0.811. The van der Waals surface area contributed by atoms with E-state index >= 15 is 0 Å². The van der Waals surface area contributed by atoms with E-state index in [4.69, 9.17) is 0 Å². The summed E-state index contributed by atoms with van der Waals surface area (Å²) >= 11 is 0. The van der Waals surface area contributed by atoms with Crippen LogP contribution in [0.4, 0.5) is 0 Å². The highest BCUT2D eigenvalue weighted by atomic mass is 16.2. The maximum atomic E-state index is 13.3. The number of aryl methyl sites for hydroxylation is 1. The van der Waals surface area contributed by atoms with Gasteiger partial charge in [0.15, 0.2) is 0 Å². The summed E-state index contributed by atoms with van der Waals surface area (Å²) in [4.78, 5) is 28.4. The SMILES string of the molecule is CC[C@@]1(C(=O)NCC2=CCCCC2)C[C@@H]2CC[C@H]1N2C(=O)c1ccnn1C. The molecule has 0 spiro atoms. The van der Waals surface area contributed by atoms with Gasteiger partial charge in [-0.15, -0.1) is 0 Å². The molecule has 2 aliphatic heterocycles. The molecule has 3 heterocycles. The topological polar surface area (TPSA) is 67.2 Å². The number of carbonyl (C=O) groups is 2. The Kier molecular flexibility index (Phi) is 4.82. The molecular formula is C21H30N4O2. The minimum Gasteiger partial charge on any atom is -0.352 e. The van der Waals surface area contributed by atoms with Gasteiger partial charge in [0, 0.05) is 31.9 Å². The Balaban J connectivity index is 1.51. The lowest BCUT2D eigenvalue weighted by Crippen LogP contribution is -2.50. The first kappa shape index (κ1) is 18.3. The molecule has 6 nitrogen and oxygen atoms in total. The molecule has 0 saturated carbocycles. The standard InChI is InChI=1S/C21H30N4O2/c1-3-21(20(27)22-14-15-7-5-4-6-8-15)13-16-9-10-18(21)25(16)19(26)17-11-12-23-24(17)2/h7,11-12,16,18H,3-6,8-10,13-14H2,1-2H3,(H,22,27)/t16-,18+,21+/m0/s1. The Morgan fingerprint density at radius 3 is 2.85 bits per heavy atom. The Morgan fingerprint density at radius 1 is 1.33 bits per heavy atom. The van der Waals surface area contributed by atoms with E-state index < -0.39 is 5.41 Å². The van der Waals surface area contributed by atoms with Gasteiger partial charge in [-0.1, -0.05) is 18.6 Å². The smallest absolute Gasteiger partial charge is 0.272 e. The number of hydrogen-bond acceptors (Lipinski definition) is 3. The maximum absolute atomic E-state index is 13.3. The number of carbonyl (C=O) groups excluding carboxylic acids is 2. The summed E-state index contributed by atoms with van der Waals surface area (Å²) in [6.07, 6.45) is 12.1. The molecule has 1 aromatic rings. The molecule has 0 unspecified atom stereocenters. The van der Waals surface area contributed by atoms with Crippen LogP contribution in [0.2, 0.25) is 0 Å². The van der Waals surface area contributed by atoms with Gasteiger partial charge in [0.2, 0.25) is 5.91 Å². The van der Waals surface area contributed by atoms with Crippen LogP contribution in [-0.2, 0) is 11.8 Å². The van der Waals surface area contributed by atoms with E-state index in [0.717, 1.165) is 38.5 Å². The monoisotopic (exact) mass is 370 g/mol. The van der Waals surface area contributed by atoms with Crippen LogP contribution in [0.3, 0.4) is 0 Å². The van der Waals surface area contributed by atoms with Crippen molar-refractivity contribution in [2.45, 2.75) is 70.4 Å². The van der Waals surface area contributed by atoms with Crippen molar-refractivity contribution in [3.63, 3.8) is 0 Å². The highest BCUT2D eigenvalue weighted by Gasteiger charge is 2.60. The fourth-order valence-electron chi connectivity index (χ4n) is 5.43. The second-order valence-corrected chi connectivity index (χ2v) is 8.30. The number of rotatable bonds is 5. The number of hydrogen-bond donors (Lipinski definition) is 1. The number of fused-ring (bicyclic) bond motifs is 2. The predicted molar refractivity (Wildman–Crippen MR) is 103 cm³/mol. The van der Waals surface area contributed by atoms with E-state index in [9.17, 15) is 9.59 Å². The zero-order valence-electron chi connectivity index (χ0n) is 16.4. The lowest BCUT2D eigenvalue weighted by atomic mass is 9.71. The Bertz CT molecular complexity index is 768. The second kappa shape index (κ2) is 7.13. The molecule has 2 amide bonds. The van der Waals surface area contributed by atoms with E-state index in [0.29, 0.717) is 12.2 Å². The molecule has 2 fully saturated rings. The first-order valence-electron chi connectivity index (χ1n) is 10.3. The van der Waals surface area contributed by atoms with Gasteiger partial charge < -0.3 is 10.2 Å². The van der Waals surface area contributed by atoms with Gasteiger partial charge in [-0.3, -0.25) is 14.3 Å². The average Bonchev–Trinajstić information content (AvgIpc) is 3.39. The molecule has 1 aromatic heterocycles. The van der Waals surface area contributed by atoms with Crippen LogP contribution in [0.5, 0.6) is 0 Å². The molecule has 1 aliphatic carbocycles. The fraction of sp³-hybridized carbons (Fsp3) is 0.667. The summed E-state index contributed by atoms with van der Waals surface area (Å²) in [5, 5.41) is 7.35. The normalized spacial score (nSPS) is 29.7. The van der Waals surface area contributed by atoms with E-state index in [-0.39, 0.29) is 23.9 Å². The third-order valence-corrected chi connectivity index (χ3v) is 6.96. The van der Waals surface area contributed by atoms with Gasteiger partial charge >= 0.3 is 0 Å². The molecule has 4 rings (SSSR count). The van der Waals surface area contributed by atoms with Gasteiger partial charge in [-0.2, -0.15) is 5.10 Å². The van der Waals surface area contributed by atoms with Gasteiger partial charge in [0.1, 0.15) is 5.69 Å². The van der Waals surface area contributed by atoms with Crippen molar-refractivity contribution in [3.8, 4) is 0 Å². The fourth-order valence-corrected chi connectivity index (χ4v) is 5.43. The maximum Gasteiger partial charge on any atom is 0.272 e. The second-order valence-electron chi connectivity index (χ2n) is 8.30. The van der Waals surface area contributed by atoms with Crippen LogP contribution in [-0.4, -0.2) is 45.1 Å². The molecule has 0 radical (unpaired) electrons. The minimum atomic E-state index is -0.452. The third-order valence-electron chi connectivity index (χ3n) is 6.96. The number of amides is 2. The van der Waals surface area contributed by atoms with Gasteiger partial charge in [0.25, 0.3) is 5.91 Å². The van der Waals surface area contributed by atoms with Crippen molar-refractivity contribution >= 4 is 11.8 Å². The van der Waals surface area contributed by atoms with Gasteiger partial charge in [0.05, 0.1) is 5.41 Å². The molecule has 27 heavy (non-hydrogen) atoms. The van der Waals surface area contributed by atoms with E-state index in [1.54, 1.807) is 24.0 Å². The summed E-state index contributed by atoms with van der Waals surface area (Å²) in [6, 6.07) is 1.93. The highest BCUT2D eigenvalue weighted by molar-refractivity contribution is 5.95. The van der Waals surface area contributed by atoms with Crippen molar-refractivity contribution < 1.29 is 9.59 Å². The van der Waals surface area contributed by atoms with Gasteiger partial charge in [-0.05, 0) is 57.4 Å². The van der Waals surface area contributed by atoms with Crippen molar-refractivity contribution in [1.29, 1.82) is 0 Å². The Labute approximate surface area is 161 Å². The van der Waals surface area contributed by atoms with Crippen LogP contribution < -0.4 is 5.32 Å². The van der Waals surface area contributed by atoms with E-state index in [1.807, 2.05) is 4.90 Å². The van der Waals surface area contributed by atoms with Gasteiger partial charge in [-0.25, -0.2) is 0 Å². The molecule has 146 valence electrons. The number of nitrogens with zero attached hydrogens (tertiary/aromatic N) is 3. The largest absolute Gasteiger partial charge is 0.352 e. The van der Waals surface area contributed by atoms with Crippen molar-refractivity contribution in [1.82, 2.24) is 20.0 Å². The molecule has 6 heteroatoms. The highest BCUT2D eigenvalue weighted by Crippen LogP contribution is 2.52. The predicted octanol–water partition coefficient (Wildman–Crippen LogP) is 2.81. The molecule has 2 saturated heterocycles.